The van der Waals surface area contributed by atoms with Crippen molar-refractivity contribution in [2.24, 2.45) is 11.3 Å². The minimum Gasteiger partial charge on any atom is -0.400 e. The quantitative estimate of drug-likeness (QED) is 0.619. The standard InChI is InChI=1S/C10H24O2Si/c1-9(2)10(3,4)7-8-13(11-5)12-6/h9,13H,7-8H2,1-6H3. The fourth-order valence-electron chi connectivity index (χ4n) is 1.11. The van der Waals surface area contributed by atoms with Crippen molar-refractivity contribution in [1.82, 2.24) is 0 Å². The maximum absolute atomic E-state index is 5.29. The molecule has 80 valence electrons. The van der Waals surface area contributed by atoms with Crippen LogP contribution in [0.15, 0.2) is 0 Å². The highest BCUT2D eigenvalue weighted by Crippen LogP contribution is 2.32. The molecule has 0 rings (SSSR count). The van der Waals surface area contributed by atoms with Crippen LogP contribution in [0.1, 0.15) is 34.1 Å². The molecule has 13 heavy (non-hydrogen) atoms. The second kappa shape index (κ2) is 5.78. The van der Waals surface area contributed by atoms with E-state index in [1.165, 1.54) is 6.42 Å². The Morgan fingerprint density at radius 3 is 1.92 bits per heavy atom. The molecule has 0 bridgehead atoms. The molecule has 0 saturated carbocycles. The summed E-state index contributed by atoms with van der Waals surface area (Å²) >= 11 is 0. The van der Waals surface area contributed by atoms with Gasteiger partial charge < -0.3 is 8.85 Å². The van der Waals surface area contributed by atoms with Crippen LogP contribution in [0.5, 0.6) is 0 Å². The Kier molecular flexibility index (Phi) is 5.84. The first kappa shape index (κ1) is 13.1. The molecule has 2 nitrogen and oxygen atoms in total. The first-order valence-corrected chi connectivity index (χ1v) is 6.75. The summed E-state index contributed by atoms with van der Waals surface area (Å²) in [6.45, 7) is 9.18. The maximum atomic E-state index is 5.29. The van der Waals surface area contributed by atoms with Gasteiger partial charge in [0.2, 0.25) is 0 Å². The van der Waals surface area contributed by atoms with E-state index in [1.54, 1.807) is 14.2 Å². The average Bonchev–Trinajstić information content (AvgIpc) is 2.06. The summed E-state index contributed by atoms with van der Waals surface area (Å²) in [6.07, 6.45) is 1.20. The molecule has 0 aromatic rings. The molecule has 0 atom stereocenters. The third-order valence-corrected chi connectivity index (χ3v) is 4.92. The Hall–Kier alpha value is 0.137. The van der Waals surface area contributed by atoms with Crippen molar-refractivity contribution < 1.29 is 8.85 Å². The van der Waals surface area contributed by atoms with Crippen molar-refractivity contribution in [3.63, 3.8) is 0 Å². The Bertz CT molecular complexity index is 131. The van der Waals surface area contributed by atoms with Gasteiger partial charge in [-0.05, 0) is 23.8 Å². The summed E-state index contributed by atoms with van der Waals surface area (Å²) in [6, 6.07) is 1.11. The van der Waals surface area contributed by atoms with Gasteiger partial charge in [0, 0.05) is 14.2 Å². The van der Waals surface area contributed by atoms with Crippen LogP contribution in [0.4, 0.5) is 0 Å². The number of hydrogen-bond acceptors (Lipinski definition) is 2. The normalized spacial score (nSPS) is 12.9. The van der Waals surface area contributed by atoms with Crippen molar-refractivity contribution in [1.29, 1.82) is 0 Å². The number of hydrogen-bond donors (Lipinski definition) is 0. The fraction of sp³-hybridized carbons (Fsp3) is 1.00. The van der Waals surface area contributed by atoms with E-state index in [0.717, 1.165) is 12.0 Å². The Morgan fingerprint density at radius 2 is 1.62 bits per heavy atom. The van der Waals surface area contributed by atoms with Crippen LogP contribution in [-0.2, 0) is 8.85 Å². The van der Waals surface area contributed by atoms with E-state index in [4.69, 9.17) is 8.85 Å². The van der Waals surface area contributed by atoms with Crippen molar-refractivity contribution in [3.8, 4) is 0 Å². The predicted octanol–water partition coefficient (Wildman–Crippen LogP) is 2.57. The van der Waals surface area contributed by atoms with Crippen molar-refractivity contribution in [2.75, 3.05) is 14.2 Å². The zero-order chi connectivity index (χ0) is 10.5. The second-order valence-electron chi connectivity index (χ2n) is 4.58. The molecule has 0 aliphatic heterocycles. The molecule has 0 aliphatic carbocycles. The van der Waals surface area contributed by atoms with Gasteiger partial charge in [0.15, 0.2) is 0 Å². The van der Waals surface area contributed by atoms with Crippen molar-refractivity contribution in [2.45, 2.75) is 40.2 Å². The van der Waals surface area contributed by atoms with Gasteiger partial charge in [0.25, 0.3) is 0 Å². The SMILES string of the molecule is CO[SiH](CCC(C)(C)C(C)C)OC. The number of rotatable bonds is 6. The van der Waals surface area contributed by atoms with E-state index in [-0.39, 0.29) is 0 Å². The first-order chi connectivity index (χ1) is 5.94. The summed E-state index contributed by atoms with van der Waals surface area (Å²) in [7, 11) is 2.17. The van der Waals surface area contributed by atoms with E-state index in [9.17, 15) is 0 Å². The van der Waals surface area contributed by atoms with Gasteiger partial charge in [-0.3, -0.25) is 0 Å². The van der Waals surface area contributed by atoms with E-state index >= 15 is 0 Å². The molecule has 0 radical (unpaired) electrons. The van der Waals surface area contributed by atoms with E-state index < -0.39 is 9.28 Å². The second-order valence-corrected chi connectivity index (χ2v) is 6.96. The van der Waals surface area contributed by atoms with Gasteiger partial charge >= 0.3 is 9.28 Å². The molecule has 0 saturated heterocycles. The minimum absolute atomic E-state index is 0.405. The van der Waals surface area contributed by atoms with Crippen LogP contribution in [0, 0.1) is 11.3 Å². The lowest BCUT2D eigenvalue weighted by atomic mass is 9.79. The van der Waals surface area contributed by atoms with Crippen LogP contribution < -0.4 is 0 Å². The van der Waals surface area contributed by atoms with Gasteiger partial charge in [0.05, 0.1) is 0 Å². The van der Waals surface area contributed by atoms with Gasteiger partial charge in [-0.2, -0.15) is 0 Å². The molecule has 0 fully saturated rings. The highest BCUT2D eigenvalue weighted by molar-refractivity contribution is 6.44. The van der Waals surface area contributed by atoms with E-state index in [1.807, 2.05) is 0 Å². The summed E-state index contributed by atoms with van der Waals surface area (Å²) in [5.74, 6) is 0.718. The maximum Gasteiger partial charge on any atom is 0.320 e. The average molecular weight is 204 g/mol. The minimum atomic E-state index is -1.33. The fourth-order valence-corrected chi connectivity index (χ4v) is 2.75. The van der Waals surface area contributed by atoms with Crippen LogP contribution >= 0.6 is 0 Å². The van der Waals surface area contributed by atoms with Crippen LogP contribution in [-0.4, -0.2) is 23.5 Å². The van der Waals surface area contributed by atoms with Crippen LogP contribution in [0.25, 0.3) is 0 Å². The zero-order valence-corrected chi connectivity index (χ0v) is 11.0. The van der Waals surface area contributed by atoms with Gasteiger partial charge in [-0.1, -0.05) is 27.7 Å². The summed E-state index contributed by atoms with van der Waals surface area (Å²) < 4.78 is 10.6. The molecule has 0 heterocycles. The lowest BCUT2D eigenvalue weighted by molar-refractivity contribution is 0.220. The molecule has 0 spiro atoms. The third kappa shape index (κ3) is 4.79. The molecular weight excluding hydrogens is 180 g/mol. The molecule has 0 unspecified atom stereocenters. The smallest absolute Gasteiger partial charge is 0.320 e. The Morgan fingerprint density at radius 1 is 1.15 bits per heavy atom. The zero-order valence-electron chi connectivity index (χ0n) is 9.89. The molecule has 3 heteroatoms. The van der Waals surface area contributed by atoms with Crippen LogP contribution in [0.3, 0.4) is 0 Å². The van der Waals surface area contributed by atoms with Gasteiger partial charge in [0.1, 0.15) is 0 Å². The highest BCUT2D eigenvalue weighted by Gasteiger charge is 2.24. The summed E-state index contributed by atoms with van der Waals surface area (Å²) in [4.78, 5) is 0. The third-order valence-electron chi connectivity index (χ3n) is 3.11. The lowest BCUT2D eigenvalue weighted by Crippen LogP contribution is -2.25. The monoisotopic (exact) mass is 204 g/mol. The molecule has 0 aromatic heterocycles. The molecule has 0 amide bonds. The van der Waals surface area contributed by atoms with E-state index in [2.05, 4.69) is 27.7 Å². The van der Waals surface area contributed by atoms with Crippen molar-refractivity contribution >= 4 is 9.28 Å². The largest absolute Gasteiger partial charge is 0.400 e. The van der Waals surface area contributed by atoms with Gasteiger partial charge in [-0.25, -0.2) is 0 Å². The lowest BCUT2D eigenvalue weighted by Gasteiger charge is -2.30. The Labute approximate surface area is 84.5 Å². The molecule has 0 aliphatic rings. The Balaban J connectivity index is 3.85. The molecular formula is C10H24O2Si. The topological polar surface area (TPSA) is 18.5 Å². The van der Waals surface area contributed by atoms with E-state index in [0.29, 0.717) is 5.41 Å². The van der Waals surface area contributed by atoms with Crippen molar-refractivity contribution in [3.05, 3.63) is 0 Å². The summed E-state index contributed by atoms with van der Waals surface area (Å²) in [5.41, 5.74) is 0.405. The predicted molar refractivity (Wildman–Crippen MR) is 59.2 cm³/mol. The molecule has 0 aromatic carbocycles. The molecule has 0 N–H and O–H groups in total. The first-order valence-electron chi connectivity index (χ1n) is 4.99. The highest BCUT2D eigenvalue weighted by atomic mass is 28.3. The van der Waals surface area contributed by atoms with Gasteiger partial charge in [-0.15, -0.1) is 0 Å². The summed E-state index contributed by atoms with van der Waals surface area (Å²) in [5, 5.41) is 0. The van der Waals surface area contributed by atoms with Crippen LogP contribution in [0.2, 0.25) is 6.04 Å².